The molecular weight excluding hydrogens is 306 g/mol. The average molecular weight is 327 g/mol. The number of likely N-dealkylation sites (N-methyl/N-ethyl adjacent to an activating group) is 1. The second-order valence-electron chi connectivity index (χ2n) is 5.26. The van der Waals surface area contributed by atoms with Crippen LogP contribution in [0, 0.1) is 0 Å². The monoisotopic (exact) mass is 327 g/mol. The van der Waals surface area contributed by atoms with Gasteiger partial charge in [-0.2, -0.15) is 4.37 Å². The number of amides is 2. The van der Waals surface area contributed by atoms with Crippen LogP contribution in [0.4, 0.5) is 10.6 Å². The molecule has 1 aromatic heterocycles. The third-order valence-electron chi connectivity index (χ3n) is 3.56. The van der Waals surface area contributed by atoms with Crippen molar-refractivity contribution in [1.29, 1.82) is 0 Å². The Morgan fingerprint density at radius 2 is 2.09 bits per heavy atom. The minimum atomic E-state index is -1.10. The van der Waals surface area contributed by atoms with Crippen molar-refractivity contribution in [3.63, 3.8) is 0 Å². The molecule has 0 aromatic carbocycles. The first-order valence-electron chi connectivity index (χ1n) is 7.19. The summed E-state index contributed by atoms with van der Waals surface area (Å²) in [6, 6.07) is -0.424. The van der Waals surface area contributed by atoms with Crippen molar-refractivity contribution in [2.75, 3.05) is 51.6 Å². The number of aromatic carboxylic acids is 1. The number of rotatable bonds is 6. The first kappa shape index (κ1) is 16.7. The lowest BCUT2D eigenvalue weighted by molar-refractivity contribution is 0.0698. The summed E-state index contributed by atoms with van der Waals surface area (Å²) in [6.45, 7) is 5.77. The number of aromatic nitrogens is 1. The summed E-state index contributed by atoms with van der Waals surface area (Å²) >= 11 is 1.000. The maximum absolute atomic E-state index is 11.7. The fourth-order valence-electron chi connectivity index (χ4n) is 2.21. The van der Waals surface area contributed by atoms with E-state index in [1.54, 1.807) is 0 Å². The summed E-state index contributed by atoms with van der Waals surface area (Å²) < 4.78 is 3.86. The molecule has 22 heavy (non-hydrogen) atoms. The third kappa shape index (κ3) is 4.93. The van der Waals surface area contributed by atoms with Crippen molar-refractivity contribution in [2.24, 2.45) is 0 Å². The van der Waals surface area contributed by atoms with Crippen LogP contribution >= 0.6 is 11.5 Å². The van der Waals surface area contributed by atoms with E-state index in [0.29, 0.717) is 6.54 Å². The summed E-state index contributed by atoms with van der Waals surface area (Å²) in [6.07, 6.45) is 0.861. The number of anilines is 1. The lowest BCUT2D eigenvalue weighted by atomic mass is 10.3. The van der Waals surface area contributed by atoms with Crippen molar-refractivity contribution in [2.45, 2.75) is 6.42 Å². The second kappa shape index (κ2) is 8.06. The third-order valence-corrected chi connectivity index (χ3v) is 4.19. The number of nitrogens with one attached hydrogen (secondary N) is 2. The van der Waals surface area contributed by atoms with Crippen LogP contribution in [0.5, 0.6) is 0 Å². The molecule has 0 unspecified atom stereocenters. The fourth-order valence-corrected chi connectivity index (χ4v) is 2.83. The zero-order valence-electron chi connectivity index (χ0n) is 12.5. The largest absolute Gasteiger partial charge is 0.478 e. The van der Waals surface area contributed by atoms with E-state index in [0.717, 1.165) is 50.7 Å². The molecule has 1 saturated heterocycles. The Balaban J connectivity index is 1.63. The van der Waals surface area contributed by atoms with Crippen molar-refractivity contribution in [1.82, 2.24) is 19.5 Å². The molecule has 1 aliphatic rings. The molecule has 2 amide bonds. The molecule has 0 atom stereocenters. The standard InChI is InChI=1S/C13H21N5O3S/c1-17-5-7-18(8-6-17)4-2-3-14-13(21)15-11-10(12(19)20)9-22-16-11/h9H,2-8H2,1H3,(H,19,20)(H2,14,15,16,21). The molecule has 3 N–H and O–H groups in total. The number of carboxylic acids is 1. The number of hydrogen-bond donors (Lipinski definition) is 3. The zero-order valence-corrected chi connectivity index (χ0v) is 13.4. The molecule has 0 spiro atoms. The number of carbonyl (C=O) groups is 2. The van der Waals surface area contributed by atoms with E-state index < -0.39 is 12.0 Å². The molecule has 0 radical (unpaired) electrons. The van der Waals surface area contributed by atoms with E-state index in [4.69, 9.17) is 5.11 Å². The molecule has 1 fully saturated rings. The van der Waals surface area contributed by atoms with Gasteiger partial charge in [0.25, 0.3) is 0 Å². The first-order chi connectivity index (χ1) is 10.6. The number of piperazine rings is 1. The van der Waals surface area contributed by atoms with Gasteiger partial charge in [0.05, 0.1) is 0 Å². The number of urea groups is 1. The van der Waals surface area contributed by atoms with Crippen LogP contribution in [-0.2, 0) is 0 Å². The topological polar surface area (TPSA) is 97.8 Å². The molecule has 2 rings (SSSR count). The minimum absolute atomic E-state index is 0.0117. The van der Waals surface area contributed by atoms with E-state index in [-0.39, 0.29) is 11.4 Å². The molecule has 2 heterocycles. The minimum Gasteiger partial charge on any atom is -0.478 e. The van der Waals surface area contributed by atoms with Crippen LogP contribution in [0.25, 0.3) is 0 Å². The second-order valence-corrected chi connectivity index (χ2v) is 5.89. The summed E-state index contributed by atoms with van der Waals surface area (Å²) in [5, 5.41) is 15.5. The fraction of sp³-hybridized carbons (Fsp3) is 0.615. The van der Waals surface area contributed by atoms with E-state index >= 15 is 0 Å². The summed E-state index contributed by atoms with van der Waals surface area (Å²) in [7, 11) is 2.12. The van der Waals surface area contributed by atoms with Crippen molar-refractivity contribution >= 4 is 29.4 Å². The lowest BCUT2D eigenvalue weighted by Gasteiger charge is -2.32. The van der Waals surface area contributed by atoms with Gasteiger partial charge < -0.3 is 20.2 Å². The number of hydrogen-bond acceptors (Lipinski definition) is 6. The van der Waals surface area contributed by atoms with E-state index in [2.05, 4.69) is 31.9 Å². The van der Waals surface area contributed by atoms with Crippen LogP contribution in [0.2, 0.25) is 0 Å². The normalized spacial score (nSPS) is 16.4. The average Bonchev–Trinajstić information content (AvgIpc) is 2.94. The van der Waals surface area contributed by atoms with Crippen molar-refractivity contribution < 1.29 is 14.7 Å². The van der Waals surface area contributed by atoms with Crippen LogP contribution in [0.1, 0.15) is 16.8 Å². The Bertz CT molecular complexity index is 514. The highest BCUT2D eigenvalue weighted by Gasteiger charge is 2.15. The highest BCUT2D eigenvalue weighted by Crippen LogP contribution is 2.15. The smallest absolute Gasteiger partial charge is 0.340 e. The summed E-state index contributed by atoms with van der Waals surface area (Å²) in [4.78, 5) is 27.3. The van der Waals surface area contributed by atoms with Gasteiger partial charge in [-0.25, -0.2) is 9.59 Å². The maximum atomic E-state index is 11.7. The van der Waals surface area contributed by atoms with Crippen LogP contribution in [0.15, 0.2) is 5.38 Å². The summed E-state index contributed by atoms with van der Waals surface area (Å²) in [5.41, 5.74) is 0.0117. The molecule has 9 heteroatoms. The van der Waals surface area contributed by atoms with Gasteiger partial charge in [-0.15, -0.1) is 0 Å². The van der Waals surface area contributed by atoms with E-state index in [9.17, 15) is 9.59 Å². The highest BCUT2D eigenvalue weighted by atomic mass is 32.1. The Morgan fingerprint density at radius 3 is 2.77 bits per heavy atom. The molecule has 1 aliphatic heterocycles. The number of carbonyl (C=O) groups excluding carboxylic acids is 1. The Labute approximate surface area is 133 Å². The van der Waals surface area contributed by atoms with Crippen molar-refractivity contribution in [3.05, 3.63) is 10.9 Å². The van der Waals surface area contributed by atoms with Crippen LogP contribution < -0.4 is 10.6 Å². The Kier molecular flexibility index (Phi) is 6.10. The SMILES string of the molecule is CN1CCN(CCCNC(=O)Nc2nscc2C(=O)O)CC1. The van der Waals surface area contributed by atoms with Gasteiger partial charge >= 0.3 is 12.0 Å². The van der Waals surface area contributed by atoms with Gasteiger partial charge in [0.2, 0.25) is 0 Å². The molecular formula is C13H21N5O3S. The van der Waals surface area contributed by atoms with Gasteiger partial charge in [-0.05, 0) is 31.5 Å². The van der Waals surface area contributed by atoms with Crippen LogP contribution in [0.3, 0.4) is 0 Å². The summed E-state index contributed by atoms with van der Waals surface area (Å²) in [5.74, 6) is -1.01. The predicted molar refractivity (Wildman–Crippen MR) is 84.6 cm³/mol. The van der Waals surface area contributed by atoms with Gasteiger partial charge in [0.1, 0.15) is 5.56 Å². The Hall–Kier alpha value is -1.71. The molecule has 1 aromatic rings. The highest BCUT2D eigenvalue weighted by molar-refractivity contribution is 7.04. The van der Waals surface area contributed by atoms with Gasteiger partial charge in [0.15, 0.2) is 5.82 Å². The van der Waals surface area contributed by atoms with Gasteiger partial charge in [0, 0.05) is 38.1 Å². The lowest BCUT2D eigenvalue weighted by Crippen LogP contribution is -2.45. The quantitative estimate of drug-likeness (QED) is 0.662. The molecule has 122 valence electrons. The molecule has 0 bridgehead atoms. The zero-order chi connectivity index (χ0) is 15.9. The van der Waals surface area contributed by atoms with Crippen molar-refractivity contribution in [3.8, 4) is 0 Å². The van der Waals surface area contributed by atoms with E-state index in [1.807, 2.05) is 0 Å². The number of carboxylic acid groups (broad SMARTS) is 1. The van der Waals surface area contributed by atoms with Crippen LogP contribution in [-0.4, -0.2) is 77.6 Å². The molecule has 0 aliphatic carbocycles. The molecule has 0 saturated carbocycles. The maximum Gasteiger partial charge on any atom is 0.340 e. The van der Waals surface area contributed by atoms with E-state index in [1.165, 1.54) is 5.38 Å². The molecule has 8 nitrogen and oxygen atoms in total. The first-order valence-corrected chi connectivity index (χ1v) is 8.03. The van der Waals surface area contributed by atoms with Gasteiger partial charge in [-0.1, -0.05) is 0 Å². The number of nitrogens with zero attached hydrogens (tertiary/aromatic N) is 3. The predicted octanol–water partition coefficient (Wildman–Crippen LogP) is 0.600. The Morgan fingerprint density at radius 1 is 1.36 bits per heavy atom. The van der Waals surface area contributed by atoms with Gasteiger partial charge in [-0.3, -0.25) is 5.32 Å².